The van der Waals surface area contributed by atoms with E-state index < -0.39 is 12.0 Å². The molecular weight excluding hydrogens is 258 g/mol. The highest BCUT2D eigenvalue weighted by molar-refractivity contribution is 5.89. The number of carboxylic acids is 1. The summed E-state index contributed by atoms with van der Waals surface area (Å²) >= 11 is 0. The third kappa shape index (κ3) is 2.49. The van der Waals surface area contributed by atoms with Crippen molar-refractivity contribution < 1.29 is 14.7 Å². The van der Waals surface area contributed by atoms with Gasteiger partial charge in [0.2, 0.25) is 5.91 Å². The van der Waals surface area contributed by atoms with Crippen molar-refractivity contribution in [2.75, 3.05) is 0 Å². The van der Waals surface area contributed by atoms with Gasteiger partial charge in [-0.2, -0.15) is 0 Å². The van der Waals surface area contributed by atoms with Gasteiger partial charge in [0.05, 0.1) is 6.42 Å². The highest BCUT2D eigenvalue weighted by atomic mass is 16.4. The predicted molar refractivity (Wildman–Crippen MR) is 72.1 cm³/mol. The summed E-state index contributed by atoms with van der Waals surface area (Å²) < 4.78 is 0. The number of nitrogens with one attached hydrogen (secondary N) is 2. The van der Waals surface area contributed by atoms with Gasteiger partial charge in [-0.3, -0.25) is 4.79 Å². The van der Waals surface area contributed by atoms with Crippen molar-refractivity contribution in [3.8, 4) is 0 Å². The molecule has 6 heteroatoms. The summed E-state index contributed by atoms with van der Waals surface area (Å²) in [5, 5.41) is 12.6. The Bertz CT molecular complexity index is 660. The Balaban J connectivity index is 1.71. The summed E-state index contributed by atoms with van der Waals surface area (Å²) in [7, 11) is 0. The molecule has 0 aliphatic heterocycles. The number of hydrogen-bond donors (Lipinski definition) is 3. The maximum atomic E-state index is 12.0. The largest absolute Gasteiger partial charge is 0.480 e. The molecule has 1 atom stereocenters. The van der Waals surface area contributed by atoms with Crippen LogP contribution in [0.25, 0.3) is 11.0 Å². The Hall–Kier alpha value is -2.37. The average Bonchev–Trinajstić information content (AvgIpc) is 3.19. The number of carbonyl (C=O) groups excluding carboxylic acids is 1. The van der Waals surface area contributed by atoms with E-state index in [-0.39, 0.29) is 18.2 Å². The van der Waals surface area contributed by atoms with Crippen molar-refractivity contribution in [3.05, 3.63) is 30.1 Å². The lowest BCUT2D eigenvalue weighted by molar-refractivity contribution is -0.142. The normalized spacial score (nSPS) is 16.0. The molecule has 1 fully saturated rings. The molecule has 0 radical (unpaired) electrons. The third-order valence-electron chi connectivity index (χ3n) is 3.56. The number of aromatic amines is 1. The second-order valence-corrected chi connectivity index (χ2v) is 5.11. The monoisotopic (exact) mass is 273 g/mol. The van der Waals surface area contributed by atoms with Gasteiger partial charge in [-0.15, -0.1) is 0 Å². The van der Waals surface area contributed by atoms with Gasteiger partial charge in [-0.1, -0.05) is 0 Å². The second-order valence-electron chi connectivity index (χ2n) is 5.11. The molecule has 0 aromatic carbocycles. The maximum Gasteiger partial charge on any atom is 0.326 e. The highest BCUT2D eigenvalue weighted by Crippen LogP contribution is 2.32. The van der Waals surface area contributed by atoms with Gasteiger partial charge in [0.1, 0.15) is 11.7 Å². The van der Waals surface area contributed by atoms with Crippen LogP contribution in [0, 0.1) is 5.92 Å². The molecular formula is C14H15N3O3. The van der Waals surface area contributed by atoms with Crippen molar-refractivity contribution in [2.24, 2.45) is 5.92 Å². The lowest BCUT2D eigenvalue weighted by atomic mass is 10.1. The summed E-state index contributed by atoms with van der Waals surface area (Å²) in [6.45, 7) is 0. The summed E-state index contributed by atoms with van der Waals surface area (Å²) in [5.41, 5.74) is 1.55. The van der Waals surface area contributed by atoms with Gasteiger partial charge < -0.3 is 15.4 Å². The Kier molecular flexibility index (Phi) is 3.14. The second kappa shape index (κ2) is 4.96. The van der Waals surface area contributed by atoms with Gasteiger partial charge in [-0.05, 0) is 36.5 Å². The summed E-state index contributed by atoms with van der Waals surface area (Å²) in [6.07, 6.45) is 5.31. The average molecular weight is 273 g/mol. The quantitative estimate of drug-likeness (QED) is 0.759. The lowest BCUT2D eigenvalue weighted by Crippen LogP contribution is -2.43. The van der Waals surface area contributed by atoms with Gasteiger partial charge in [0.25, 0.3) is 0 Å². The Labute approximate surface area is 115 Å². The fourth-order valence-electron chi connectivity index (χ4n) is 2.37. The molecule has 104 valence electrons. The Morgan fingerprint density at radius 1 is 1.50 bits per heavy atom. The zero-order valence-electron chi connectivity index (χ0n) is 10.8. The minimum absolute atomic E-state index is 0.0843. The molecule has 2 aromatic rings. The zero-order chi connectivity index (χ0) is 14.1. The number of hydrogen-bond acceptors (Lipinski definition) is 3. The molecule has 0 spiro atoms. The standard InChI is InChI=1S/C14H15N3O3/c18-11(17-12(14(19)20)8-3-4-8)6-9-7-16-13-10(9)2-1-5-15-13/h1-2,5,7-8,12H,3-4,6H2,(H,15,16)(H,17,18)(H,19,20). The first-order valence-corrected chi connectivity index (χ1v) is 6.58. The van der Waals surface area contributed by atoms with Crippen molar-refractivity contribution in [3.63, 3.8) is 0 Å². The number of aliphatic carboxylic acids is 1. The SMILES string of the molecule is O=C(Cc1c[nH]c2ncccc12)NC(C(=O)O)C1CC1. The molecule has 3 rings (SSSR count). The fraction of sp³-hybridized carbons (Fsp3) is 0.357. The van der Waals surface area contributed by atoms with Crippen LogP contribution in [0.5, 0.6) is 0 Å². The number of carboxylic acid groups (broad SMARTS) is 1. The van der Waals surface area contributed by atoms with Crippen molar-refractivity contribution in [1.82, 2.24) is 15.3 Å². The molecule has 1 saturated carbocycles. The molecule has 1 unspecified atom stereocenters. The van der Waals surface area contributed by atoms with Crippen molar-refractivity contribution >= 4 is 22.9 Å². The highest BCUT2D eigenvalue weighted by Gasteiger charge is 2.37. The van der Waals surface area contributed by atoms with Crippen molar-refractivity contribution in [2.45, 2.75) is 25.3 Å². The molecule has 1 aliphatic rings. The van der Waals surface area contributed by atoms with Gasteiger partial charge in [0.15, 0.2) is 0 Å². The maximum absolute atomic E-state index is 12.0. The van der Waals surface area contributed by atoms with Gasteiger partial charge in [-0.25, -0.2) is 9.78 Å². The van der Waals surface area contributed by atoms with E-state index in [1.54, 1.807) is 12.4 Å². The summed E-state index contributed by atoms with van der Waals surface area (Å²) in [6, 6.07) is 2.93. The first-order valence-electron chi connectivity index (χ1n) is 6.58. The number of H-pyrrole nitrogens is 1. The molecule has 0 bridgehead atoms. The van der Waals surface area contributed by atoms with Crippen LogP contribution in [0.3, 0.4) is 0 Å². The molecule has 3 N–H and O–H groups in total. The van der Waals surface area contributed by atoms with Crippen LogP contribution in [-0.2, 0) is 16.0 Å². The van der Waals surface area contributed by atoms with E-state index in [9.17, 15) is 9.59 Å². The third-order valence-corrected chi connectivity index (χ3v) is 3.56. The molecule has 1 amide bonds. The molecule has 1 aliphatic carbocycles. The number of carbonyl (C=O) groups is 2. The van der Waals surface area contributed by atoms with E-state index in [2.05, 4.69) is 15.3 Å². The van der Waals surface area contributed by atoms with Crippen LogP contribution < -0.4 is 5.32 Å². The van der Waals surface area contributed by atoms with Crippen LogP contribution in [0.2, 0.25) is 0 Å². The molecule has 2 heterocycles. The smallest absolute Gasteiger partial charge is 0.326 e. The fourth-order valence-corrected chi connectivity index (χ4v) is 2.37. The Morgan fingerprint density at radius 3 is 3.00 bits per heavy atom. The molecule has 2 aromatic heterocycles. The van der Waals surface area contributed by atoms with E-state index in [0.717, 1.165) is 29.4 Å². The van der Waals surface area contributed by atoms with E-state index in [1.165, 1.54) is 0 Å². The first kappa shape index (κ1) is 12.7. The number of nitrogens with zero attached hydrogens (tertiary/aromatic N) is 1. The number of amides is 1. The number of rotatable bonds is 5. The number of fused-ring (bicyclic) bond motifs is 1. The number of aromatic nitrogens is 2. The minimum atomic E-state index is -0.957. The van der Waals surface area contributed by atoms with Crippen LogP contribution in [0.15, 0.2) is 24.5 Å². The molecule has 0 saturated heterocycles. The lowest BCUT2D eigenvalue weighted by Gasteiger charge is -2.13. The molecule has 6 nitrogen and oxygen atoms in total. The Morgan fingerprint density at radius 2 is 2.30 bits per heavy atom. The minimum Gasteiger partial charge on any atom is -0.480 e. The number of pyridine rings is 1. The van der Waals surface area contributed by atoms with Crippen LogP contribution >= 0.6 is 0 Å². The van der Waals surface area contributed by atoms with E-state index in [0.29, 0.717) is 0 Å². The zero-order valence-corrected chi connectivity index (χ0v) is 10.8. The summed E-state index contributed by atoms with van der Waals surface area (Å²) in [5.74, 6) is -1.14. The molecule has 20 heavy (non-hydrogen) atoms. The topological polar surface area (TPSA) is 95.1 Å². The van der Waals surface area contributed by atoms with E-state index in [1.807, 2.05) is 12.1 Å². The van der Waals surface area contributed by atoms with Crippen LogP contribution in [0.4, 0.5) is 0 Å². The predicted octanol–water partition coefficient (Wildman–Crippen LogP) is 1.08. The first-order chi connectivity index (χ1) is 9.65. The van der Waals surface area contributed by atoms with Crippen LogP contribution in [-0.4, -0.2) is 33.0 Å². The van der Waals surface area contributed by atoms with Crippen molar-refractivity contribution in [1.29, 1.82) is 0 Å². The van der Waals surface area contributed by atoms with Gasteiger partial charge in [0, 0.05) is 17.8 Å². The van der Waals surface area contributed by atoms with E-state index in [4.69, 9.17) is 5.11 Å². The summed E-state index contributed by atoms with van der Waals surface area (Å²) in [4.78, 5) is 30.2. The van der Waals surface area contributed by atoms with E-state index >= 15 is 0 Å². The van der Waals surface area contributed by atoms with Crippen LogP contribution in [0.1, 0.15) is 18.4 Å². The van der Waals surface area contributed by atoms with Gasteiger partial charge >= 0.3 is 5.97 Å².